The van der Waals surface area contributed by atoms with E-state index in [4.69, 9.17) is 10.4 Å². The molecule has 1 amide bonds. The van der Waals surface area contributed by atoms with E-state index >= 15 is 0 Å². The Labute approximate surface area is 100 Å². The summed E-state index contributed by atoms with van der Waals surface area (Å²) >= 11 is 0. The van der Waals surface area contributed by atoms with Crippen LogP contribution in [0.4, 0.5) is 13.2 Å². The zero-order valence-electron chi connectivity index (χ0n) is 8.98. The lowest BCUT2D eigenvalue weighted by Gasteiger charge is -2.18. The number of nitrogens with zero attached hydrogens (tertiary/aromatic N) is 3. The van der Waals surface area contributed by atoms with Gasteiger partial charge < -0.3 is 10.0 Å². The molecule has 96 valence electrons. The summed E-state index contributed by atoms with van der Waals surface area (Å²) in [5.74, 6) is -1.10. The van der Waals surface area contributed by atoms with Gasteiger partial charge in [-0.2, -0.15) is 18.4 Å². The number of hydrogen-bond donors (Lipinski definition) is 1. The number of hydrogen-bond acceptors (Lipinski definition) is 4. The standard InChI is InChI=1S/C10H8F3N3O2/c11-10(12,13)8-1-3-15-5-7(8)9(18)16(6-17)4-2-14/h1,3,5,17H,4,6H2. The second-order valence-electron chi connectivity index (χ2n) is 3.22. The van der Waals surface area contributed by atoms with E-state index in [2.05, 4.69) is 4.98 Å². The highest BCUT2D eigenvalue weighted by Crippen LogP contribution is 2.31. The van der Waals surface area contributed by atoms with Crippen molar-refractivity contribution >= 4 is 5.91 Å². The fraction of sp³-hybridized carbons (Fsp3) is 0.300. The van der Waals surface area contributed by atoms with Crippen LogP contribution in [0.2, 0.25) is 0 Å². The summed E-state index contributed by atoms with van der Waals surface area (Å²) in [5, 5.41) is 17.2. The van der Waals surface area contributed by atoms with Crippen LogP contribution in [0.15, 0.2) is 18.5 Å². The predicted molar refractivity (Wildman–Crippen MR) is 53.0 cm³/mol. The summed E-state index contributed by atoms with van der Waals surface area (Å²) in [6.45, 7) is -1.36. The van der Waals surface area contributed by atoms with Gasteiger partial charge in [-0.1, -0.05) is 0 Å². The summed E-state index contributed by atoms with van der Waals surface area (Å²) in [5.41, 5.74) is -1.85. The van der Waals surface area contributed by atoms with Crippen molar-refractivity contribution in [3.05, 3.63) is 29.6 Å². The van der Waals surface area contributed by atoms with Crippen LogP contribution < -0.4 is 0 Å². The molecule has 0 radical (unpaired) electrons. The molecule has 8 heteroatoms. The molecule has 0 saturated carbocycles. The molecule has 0 atom stereocenters. The first-order valence-electron chi connectivity index (χ1n) is 4.70. The molecule has 0 aliphatic rings. The minimum atomic E-state index is -4.71. The van der Waals surface area contributed by atoms with Crippen LogP contribution in [0.5, 0.6) is 0 Å². The van der Waals surface area contributed by atoms with Gasteiger partial charge in [-0.05, 0) is 6.07 Å². The zero-order chi connectivity index (χ0) is 13.8. The molecule has 5 nitrogen and oxygen atoms in total. The van der Waals surface area contributed by atoms with Gasteiger partial charge in [0.1, 0.15) is 13.3 Å². The average molecular weight is 259 g/mol. The Balaban J connectivity index is 3.18. The number of carbonyl (C=O) groups is 1. The maximum absolute atomic E-state index is 12.6. The first kappa shape index (κ1) is 13.9. The Hall–Kier alpha value is -2.14. The summed E-state index contributed by atoms with van der Waals surface area (Å²) in [6, 6.07) is 2.23. The molecule has 0 saturated heterocycles. The number of carbonyl (C=O) groups excluding carboxylic acids is 1. The van der Waals surface area contributed by atoms with Crippen LogP contribution in [0, 0.1) is 11.3 Å². The van der Waals surface area contributed by atoms with Gasteiger partial charge in [0.2, 0.25) is 0 Å². The van der Waals surface area contributed by atoms with Crippen LogP contribution in [0.25, 0.3) is 0 Å². The molecular weight excluding hydrogens is 251 g/mol. The summed E-state index contributed by atoms with van der Waals surface area (Å²) < 4.78 is 37.9. The van der Waals surface area contributed by atoms with Crippen LogP contribution in [-0.4, -0.2) is 34.2 Å². The summed E-state index contributed by atoms with van der Waals surface area (Å²) in [4.78, 5) is 15.7. The number of amides is 1. The van der Waals surface area contributed by atoms with Crippen molar-refractivity contribution in [3.63, 3.8) is 0 Å². The molecule has 0 fully saturated rings. The molecule has 0 aromatic carbocycles. The van der Waals surface area contributed by atoms with Gasteiger partial charge in [-0.25, -0.2) is 0 Å². The van der Waals surface area contributed by atoms with E-state index < -0.39 is 36.5 Å². The minimum Gasteiger partial charge on any atom is -0.376 e. The SMILES string of the molecule is N#CCN(CO)C(=O)c1cnccc1C(F)(F)F. The molecule has 0 bridgehead atoms. The first-order chi connectivity index (χ1) is 8.41. The Morgan fingerprint density at radius 1 is 1.56 bits per heavy atom. The maximum atomic E-state index is 12.6. The van der Waals surface area contributed by atoms with Gasteiger partial charge in [0.25, 0.3) is 5.91 Å². The molecule has 18 heavy (non-hydrogen) atoms. The Kier molecular flexibility index (Phi) is 4.23. The number of aromatic nitrogens is 1. The number of aliphatic hydroxyl groups is 1. The van der Waals surface area contributed by atoms with Crippen LogP contribution in [-0.2, 0) is 6.18 Å². The van der Waals surface area contributed by atoms with Crippen molar-refractivity contribution in [2.75, 3.05) is 13.3 Å². The molecule has 1 rings (SSSR count). The summed E-state index contributed by atoms with van der Waals surface area (Å²) in [6.07, 6.45) is -3.04. The smallest absolute Gasteiger partial charge is 0.376 e. The van der Waals surface area contributed by atoms with Crippen LogP contribution in [0.1, 0.15) is 15.9 Å². The normalized spacial score (nSPS) is 10.8. The largest absolute Gasteiger partial charge is 0.417 e. The monoisotopic (exact) mass is 259 g/mol. The van der Waals surface area contributed by atoms with Crippen molar-refractivity contribution in [3.8, 4) is 6.07 Å². The Bertz CT molecular complexity index is 482. The molecule has 1 N–H and O–H groups in total. The predicted octanol–water partition coefficient (Wildman–Crippen LogP) is 1.02. The van der Waals surface area contributed by atoms with Gasteiger partial charge in [-0.3, -0.25) is 9.78 Å². The first-order valence-corrected chi connectivity index (χ1v) is 4.70. The molecule has 0 aliphatic carbocycles. The fourth-order valence-corrected chi connectivity index (χ4v) is 1.25. The van der Waals surface area contributed by atoms with Crippen molar-refractivity contribution in [1.82, 2.24) is 9.88 Å². The van der Waals surface area contributed by atoms with E-state index in [0.29, 0.717) is 11.0 Å². The maximum Gasteiger partial charge on any atom is 0.417 e. The van der Waals surface area contributed by atoms with E-state index in [-0.39, 0.29) is 0 Å². The van der Waals surface area contributed by atoms with Crippen molar-refractivity contribution in [1.29, 1.82) is 5.26 Å². The number of alkyl halides is 3. The third-order valence-corrected chi connectivity index (χ3v) is 2.08. The highest BCUT2D eigenvalue weighted by Gasteiger charge is 2.36. The van der Waals surface area contributed by atoms with Gasteiger partial charge in [0, 0.05) is 12.4 Å². The number of rotatable bonds is 3. The topological polar surface area (TPSA) is 77.2 Å². The second kappa shape index (κ2) is 5.46. The lowest BCUT2D eigenvalue weighted by molar-refractivity contribution is -0.138. The Morgan fingerprint density at radius 3 is 2.72 bits per heavy atom. The molecule has 0 unspecified atom stereocenters. The molecule has 1 heterocycles. The highest BCUT2D eigenvalue weighted by atomic mass is 19.4. The Morgan fingerprint density at radius 2 is 2.22 bits per heavy atom. The van der Waals surface area contributed by atoms with E-state index in [9.17, 15) is 18.0 Å². The third-order valence-electron chi connectivity index (χ3n) is 2.08. The van der Waals surface area contributed by atoms with E-state index in [1.54, 1.807) is 6.07 Å². The lowest BCUT2D eigenvalue weighted by Crippen LogP contribution is -2.33. The van der Waals surface area contributed by atoms with Gasteiger partial charge in [-0.15, -0.1) is 0 Å². The molecule has 0 spiro atoms. The van der Waals surface area contributed by atoms with Crippen molar-refractivity contribution < 1.29 is 23.1 Å². The number of pyridine rings is 1. The van der Waals surface area contributed by atoms with Crippen molar-refractivity contribution in [2.24, 2.45) is 0 Å². The van der Waals surface area contributed by atoms with E-state index in [1.165, 1.54) is 0 Å². The average Bonchev–Trinajstić information content (AvgIpc) is 2.34. The zero-order valence-corrected chi connectivity index (χ0v) is 8.98. The molecule has 1 aromatic rings. The van der Waals surface area contributed by atoms with Gasteiger partial charge >= 0.3 is 6.18 Å². The number of aliphatic hydroxyl groups excluding tert-OH is 1. The van der Waals surface area contributed by atoms with E-state index in [0.717, 1.165) is 12.4 Å². The van der Waals surface area contributed by atoms with Crippen LogP contribution in [0.3, 0.4) is 0 Å². The second-order valence-corrected chi connectivity index (χ2v) is 3.22. The highest BCUT2D eigenvalue weighted by molar-refractivity contribution is 5.95. The van der Waals surface area contributed by atoms with Gasteiger partial charge in [0.15, 0.2) is 0 Å². The molecule has 1 aromatic heterocycles. The number of halogens is 3. The van der Waals surface area contributed by atoms with Gasteiger partial charge in [0.05, 0.1) is 17.2 Å². The third kappa shape index (κ3) is 2.95. The van der Waals surface area contributed by atoms with Crippen LogP contribution >= 0.6 is 0 Å². The number of nitriles is 1. The quantitative estimate of drug-likeness (QED) is 0.649. The fourth-order valence-electron chi connectivity index (χ4n) is 1.25. The molecular formula is C10H8F3N3O2. The van der Waals surface area contributed by atoms with Crippen molar-refractivity contribution in [2.45, 2.75) is 6.18 Å². The van der Waals surface area contributed by atoms with E-state index in [1.807, 2.05) is 0 Å². The lowest BCUT2D eigenvalue weighted by atomic mass is 10.1. The minimum absolute atomic E-state index is 0.512. The summed E-state index contributed by atoms with van der Waals surface area (Å²) in [7, 11) is 0. The molecule has 0 aliphatic heterocycles.